The highest BCUT2D eigenvalue weighted by Gasteiger charge is 2.31. The average Bonchev–Trinajstić information content (AvgIpc) is 2.47. The lowest BCUT2D eigenvalue weighted by Gasteiger charge is -2.41. The number of hydrogen-bond donors (Lipinski definition) is 1. The Kier molecular flexibility index (Phi) is 4.45. The monoisotopic (exact) mass is 239 g/mol. The summed E-state index contributed by atoms with van der Waals surface area (Å²) < 4.78 is 0. The highest BCUT2D eigenvalue weighted by Crippen LogP contribution is 2.31. The van der Waals surface area contributed by atoms with E-state index in [-0.39, 0.29) is 0 Å². The van der Waals surface area contributed by atoms with Gasteiger partial charge in [0.25, 0.3) is 0 Å². The van der Waals surface area contributed by atoms with Crippen molar-refractivity contribution < 1.29 is 0 Å². The molecular weight excluding hydrogens is 210 g/mol. The van der Waals surface area contributed by atoms with Crippen molar-refractivity contribution in [2.75, 3.05) is 52.9 Å². The number of rotatable bonds is 2. The first-order valence-corrected chi connectivity index (χ1v) is 7.19. The smallest absolute Gasteiger partial charge is 0.0107 e. The standard InChI is InChI=1S/C14H29N3/c1-13-10-15-6-9-17(11-13)12-14(2)4-7-16(3)8-5-14/h13,15H,4-12H2,1-3H3. The number of nitrogens with one attached hydrogen (secondary N) is 1. The van der Waals surface area contributed by atoms with Crippen LogP contribution in [0.4, 0.5) is 0 Å². The third-order valence-electron chi connectivity index (χ3n) is 4.47. The van der Waals surface area contributed by atoms with Gasteiger partial charge in [-0.05, 0) is 50.9 Å². The predicted octanol–water partition coefficient (Wildman–Crippen LogP) is 1.26. The first-order valence-electron chi connectivity index (χ1n) is 7.19. The fourth-order valence-electron chi connectivity index (χ4n) is 3.18. The van der Waals surface area contributed by atoms with Crippen LogP contribution in [0.5, 0.6) is 0 Å². The maximum absolute atomic E-state index is 3.53. The molecule has 0 aliphatic carbocycles. The minimum absolute atomic E-state index is 0.552. The zero-order chi connectivity index (χ0) is 12.3. The van der Waals surface area contributed by atoms with Gasteiger partial charge in [0.15, 0.2) is 0 Å². The Morgan fingerprint density at radius 1 is 1.24 bits per heavy atom. The van der Waals surface area contributed by atoms with E-state index in [2.05, 4.69) is 36.0 Å². The van der Waals surface area contributed by atoms with Crippen LogP contribution in [0.15, 0.2) is 0 Å². The van der Waals surface area contributed by atoms with E-state index in [1.807, 2.05) is 0 Å². The van der Waals surface area contributed by atoms with Crippen molar-refractivity contribution in [3.63, 3.8) is 0 Å². The number of piperidine rings is 1. The van der Waals surface area contributed by atoms with Gasteiger partial charge in [-0.25, -0.2) is 0 Å². The van der Waals surface area contributed by atoms with Gasteiger partial charge >= 0.3 is 0 Å². The van der Waals surface area contributed by atoms with Crippen LogP contribution in [0.2, 0.25) is 0 Å². The summed E-state index contributed by atoms with van der Waals surface area (Å²) in [7, 11) is 2.25. The van der Waals surface area contributed by atoms with Crippen molar-refractivity contribution >= 4 is 0 Å². The Balaban J connectivity index is 1.86. The zero-order valence-corrected chi connectivity index (χ0v) is 11.8. The maximum atomic E-state index is 3.53. The van der Waals surface area contributed by atoms with Crippen LogP contribution in [-0.2, 0) is 0 Å². The van der Waals surface area contributed by atoms with Crippen LogP contribution in [-0.4, -0.2) is 62.7 Å². The number of likely N-dealkylation sites (tertiary alicyclic amines) is 1. The van der Waals surface area contributed by atoms with Crippen LogP contribution < -0.4 is 5.32 Å². The van der Waals surface area contributed by atoms with E-state index < -0.39 is 0 Å². The molecule has 3 nitrogen and oxygen atoms in total. The van der Waals surface area contributed by atoms with Crippen LogP contribution in [0.3, 0.4) is 0 Å². The van der Waals surface area contributed by atoms with Gasteiger partial charge in [-0.3, -0.25) is 0 Å². The molecule has 2 heterocycles. The summed E-state index contributed by atoms with van der Waals surface area (Å²) in [6, 6.07) is 0. The van der Waals surface area contributed by atoms with Gasteiger partial charge in [0.2, 0.25) is 0 Å². The summed E-state index contributed by atoms with van der Waals surface area (Å²) >= 11 is 0. The van der Waals surface area contributed by atoms with E-state index in [0.717, 1.165) is 5.92 Å². The molecule has 0 aromatic heterocycles. The Morgan fingerprint density at radius 3 is 2.65 bits per heavy atom. The molecule has 1 N–H and O–H groups in total. The molecule has 1 unspecified atom stereocenters. The minimum atomic E-state index is 0.552. The van der Waals surface area contributed by atoms with Crippen molar-refractivity contribution in [1.82, 2.24) is 15.1 Å². The molecule has 2 aliphatic heterocycles. The molecule has 2 fully saturated rings. The fourth-order valence-corrected chi connectivity index (χ4v) is 3.18. The van der Waals surface area contributed by atoms with Crippen LogP contribution >= 0.6 is 0 Å². The van der Waals surface area contributed by atoms with E-state index in [4.69, 9.17) is 0 Å². The lowest BCUT2D eigenvalue weighted by molar-refractivity contribution is 0.0850. The average molecular weight is 239 g/mol. The molecule has 2 rings (SSSR count). The molecule has 1 atom stereocenters. The molecular formula is C14H29N3. The second kappa shape index (κ2) is 5.68. The first-order chi connectivity index (χ1) is 8.07. The molecule has 0 bridgehead atoms. The molecule has 0 aromatic rings. The van der Waals surface area contributed by atoms with E-state index in [0.29, 0.717) is 5.41 Å². The Hall–Kier alpha value is -0.120. The van der Waals surface area contributed by atoms with Crippen LogP contribution in [0.25, 0.3) is 0 Å². The van der Waals surface area contributed by atoms with Crippen molar-refractivity contribution in [3.8, 4) is 0 Å². The molecule has 100 valence electrons. The van der Waals surface area contributed by atoms with E-state index in [1.165, 1.54) is 58.7 Å². The summed E-state index contributed by atoms with van der Waals surface area (Å²) in [4.78, 5) is 5.16. The maximum Gasteiger partial charge on any atom is 0.0107 e. The SMILES string of the molecule is CC1CNCCN(CC2(C)CCN(C)CC2)C1. The normalized spacial score (nSPS) is 32.3. The second-order valence-corrected chi connectivity index (χ2v) is 6.66. The Labute approximate surface area is 107 Å². The largest absolute Gasteiger partial charge is 0.315 e. The topological polar surface area (TPSA) is 18.5 Å². The molecule has 2 saturated heterocycles. The Bertz CT molecular complexity index is 234. The lowest BCUT2D eigenvalue weighted by atomic mass is 9.80. The van der Waals surface area contributed by atoms with Crippen molar-refractivity contribution in [2.24, 2.45) is 11.3 Å². The lowest BCUT2D eigenvalue weighted by Crippen LogP contribution is -2.45. The molecule has 0 saturated carbocycles. The summed E-state index contributed by atoms with van der Waals surface area (Å²) in [6.45, 7) is 13.6. The first kappa shape index (κ1) is 13.3. The summed E-state index contributed by atoms with van der Waals surface area (Å²) in [5, 5.41) is 3.53. The molecule has 0 aromatic carbocycles. The highest BCUT2D eigenvalue weighted by atomic mass is 15.2. The van der Waals surface area contributed by atoms with Gasteiger partial charge in [-0.1, -0.05) is 13.8 Å². The molecule has 3 heteroatoms. The fraction of sp³-hybridized carbons (Fsp3) is 1.00. The van der Waals surface area contributed by atoms with Crippen molar-refractivity contribution in [2.45, 2.75) is 26.7 Å². The number of nitrogens with zero attached hydrogens (tertiary/aromatic N) is 2. The van der Waals surface area contributed by atoms with Gasteiger partial charge in [-0.15, -0.1) is 0 Å². The molecule has 0 spiro atoms. The van der Waals surface area contributed by atoms with Gasteiger partial charge in [-0.2, -0.15) is 0 Å². The van der Waals surface area contributed by atoms with Gasteiger partial charge in [0.05, 0.1) is 0 Å². The Morgan fingerprint density at radius 2 is 1.94 bits per heavy atom. The van der Waals surface area contributed by atoms with Gasteiger partial charge in [0, 0.05) is 26.2 Å². The third-order valence-corrected chi connectivity index (χ3v) is 4.47. The summed E-state index contributed by atoms with van der Waals surface area (Å²) in [5.41, 5.74) is 0.552. The molecule has 0 amide bonds. The minimum Gasteiger partial charge on any atom is -0.315 e. The predicted molar refractivity (Wildman–Crippen MR) is 73.3 cm³/mol. The summed E-state index contributed by atoms with van der Waals surface area (Å²) in [5.74, 6) is 0.798. The van der Waals surface area contributed by atoms with Gasteiger partial charge in [0.1, 0.15) is 0 Å². The number of hydrogen-bond acceptors (Lipinski definition) is 3. The zero-order valence-electron chi connectivity index (χ0n) is 11.8. The second-order valence-electron chi connectivity index (χ2n) is 6.66. The van der Waals surface area contributed by atoms with Crippen molar-refractivity contribution in [1.29, 1.82) is 0 Å². The highest BCUT2D eigenvalue weighted by molar-refractivity contribution is 4.85. The molecule has 0 radical (unpaired) electrons. The van der Waals surface area contributed by atoms with Crippen LogP contribution in [0.1, 0.15) is 26.7 Å². The van der Waals surface area contributed by atoms with Gasteiger partial charge < -0.3 is 15.1 Å². The quantitative estimate of drug-likeness (QED) is 0.783. The van der Waals surface area contributed by atoms with E-state index in [9.17, 15) is 0 Å². The summed E-state index contributed by atoms with van der Waals surface area (Å²) in [6.07, 6.45) is 2.73. The van der Waals surface area contributed by atoms with Crippen LogP contribution in [0, 0.1) is 11.3 Å². The van der Waals surface area contributed by atoms with Crippen molar-refractivity contribution in [3.05, 3.63) is 0 Å². The third kappa shape index (κ3) is 3.94. The molecule has 17 heavy (non-hydrogen) atoms. The van der Waals surface area contributed by atoms with E-state index >= 15 is 0 Å². The molecule has 2 aliphatic rings. The van der Waals surface area contributed by atoms with E-state index in [1.54, 1.807) is 0 Å².